The second-order valence-corrected chi connectivity index (χ2v) is 11.9. The Morgan fingerprint density at radius 1 is 0.935 bits per heavy atom. The largest absolute Gasteiger partial charge is 0.391 e. The molecule has 254 valence electrons. The van der Waals surface area contributed by atoms with Gasteiger partial charge in [-0.25, -0.2) is 0 Å². The van der Waals surface area contributed by atoms with Gasteiger partial charge >= 0.3 is 0 Å². The summed E-state index contributed by atoms with van der Waals surface area (Å²) in [4.78, 5) is 47.0. The average molecular weight is 639 g/mol. The fourth-order valence-corrected chi connectivity index (χ4v) is 4.77. The van der Waals surface area contributed by atoms with Gasteiger partial charge in [0.15, 0.2) is 5.84 Å². The number of allylic oxidation sites excluding steroid dienone is 10. The second kappa shape index (κ2) is 22.0. The van der Waals surface area contributed by atoms with Crippen molar-refractivity contribution in [2.24, 2.45) is 15.9 Å². The summed E-state index contributed by atoms with van der Waals surface area (Å²) in [5.74, 6) is -0.953. The number of aliphatic hydroxyl groups is 2. The SMILES string of the molecule is CCC=CCC=CCC=CCC=CCC=CCCCC(=O)N[C@@H](CC(C)C)C(=O)NC1=NC2=NC[C@H]([C@@H](O)[C@H](C)O)NC2C(=O)N1. The van der Waals surface area contributed by atoms with Gasteiger partial charge in [-0.15, -0.1) is 0 Å². The zero-order chi connectivity index (χ0) is 33.7. The molecule has 2 aliphatic heterocycles. The van der Waals surface area contributed by atoms with E-state index < -0.39 is 42.1 Å². The average Bonchev–Trinajstić information content (AvgIpc) is 3.01. The van der Waals surface area contributed by atoms with E-state index in [1.54, 1.807) is 0 Å². The lowest BCUT2D eigenvalue weighted by Gasteiger charge is -2.34. The van der Waals surface area contributed by atoms with Crippen LogP contribution in [0.25, 0.3) is 0 Å². The van der Waals surface area contributed by atoms with Crippen LogP contribution in [0.2, 0.25) is 0 Å². The molecule has 2 aliphatic rings. The summed E-state index contributed by atoms with van der Waals surface area (Å²) in [6, 6.07) is -2.32. The van der Waals surface area contributed by atoms with Crippen LogP contribution >= 0.6 is 0 Å². The molecule has 0 bridgehead atoms. The van der Waals surface area contributed by atoms with E-state index in [-0.39, 0.29) is 36.6 Å². The molecule has 0 radical (unpaired) electrons. The van der Waals surface area contributed by atoms with Crippen molar-refractivity contribution >= 4 is 29.5 Å². The molecule has 0 aliphatic carbocycles. The Labute approximate surface area is 274 Å². The Balaban J connectivity index is 1.73. The molecule has 1 unspecified atom stereocenters. The number of nitrogens with zero attached hydrogens (tertiary/aromatic N) is 2. The zero-order valence-corrected chi connectivity index (χ0v) is 27.8. The van der Waals surface area contributed by atoms with Gasteiger partial charge < -0.3 is 15.5 Å². The van der Waals surface area contributed by atoms with Crippen molar-refractivity contribution in [3.8, 4) is 0 Å². The highest BCUT2D eigenvalue weighted by atomic mass is 16.3. The van der Waals surface area contributed by atoms with Crippen LogP contribution in [0.15, 0.2) is 70.7 Å². The Hall–Kier alpha value is -3.67. The molecule has 0 aromatic rings. The van der Waals surface area contributed by atoms with E-state index in [0.29, 0.717) is 12.8 Å². The van der Waals surface area contributed by atoms with Gasteiger partial charge in [0, 0.05) is 6.42 Å². The summed E-state index contributed by atoms with van der Waals surface area (Å²) in [6.07, 6.45) is 26.3. The Morgan fingerprint density at radius 2 is 1.52 bits per heavy atom. The van der Waals surface area contributed by atoms with Crippen molar-refractivity contribution in [1.82, 2.24) is 21.3 Å². The minimum atomic E-state index is -1.10. The van der Waals surface area contributed by atoms with Crippen LogP contribution < -0.4 is 21.3 Å². The van der Waals surface area contributed by atoms with Crippen molar-refractivity contribution in [3.63, 3.8) is 0 Å². The molecule has 11 nitrogen and oxygen atoms in total. The lowest BCUT2D eigenvalue weighted by molar-refractivity contribution is -0.128. The lowest BCUT2D eigenvalue weighted by atomic mass is 10.0. The van der Waals surface area contributed by atoms with E-state index in [1.165, 1.54) is 6.92 Å². The fraction of sp³-hybridized carbons (Fsp3) is 0.571. The van der Waals surface area contributed by atoms with E-state index in [2.05, 4.69) is 98.9 Å². The van der Waals surface area contributed by atoms with Crippen molar-refractivity contribution in [3.05, 3.63) is 60.8 Å². The smallest absolute Gasteiger partial charge is 0.251 e. The number of aliphatic imine (C=N–C) groups is 2. The highest BCUT2D eigenvalue weighted by Gasteiger charge is 2.38. The third kappa shape index (κ3) is 15.1. The molecule has 2 heterocycles. The van der Waals surface area contributed by atoms with Crippen LogP contribution in [0, 0.1) is 5.92 Å². The van der Waals surface area contributed by atoms with Crippen LogP contribution in [-0.2, 0) is 14.4 Å². The summed E-state index contributed by atoms with van der Waals surface area (Å²) in [6.45, 7) is 7.62. The monoisotopic (exact) mass is 638 g/mol. The number of unbranched alkanes of at least 4 members (excludes halogenated alkanes) is 1. The summed E-state index contributed by atoms with van der Waals surface area (Å²) in [7, 11) is 0. The molecule has 0 fully saturated rings. The van der Waals surface area contributed by atoms with Gasteiger partial charge in [0.05, 0.1) is 24.8 Å². The number of amidine groups is 1. The normalized spacial score (nSPS) is 20.7. The minimum absolute atomic E-state index is 0.0669. The predicted molar refractivity (Wildman–Crippen MR) is 184 cm³/mol. The van der Waals surface area contributed by atoms with Gasteiger partial charge in [-0.05, 0) is 64.2 Å². The molecule has 0 saturated heterocycles. The maximum Gasteiger partial charge on any atom is 0.251 e. The van der Waals surface area contributed by atoms with Crippen molar-refractivity contribution in [2.75, 3.05) is 6.54 Å². The van der Waals surface area contributed by atoms with Gasteiger partial charge in [0.2, 0.25) is 17.8 Å². The van der Waals surface area contributed by atoms with Crippen LogP contribution in [0.1, 0.15) is 85.5 Å². The van der Waals surface area contributed by atoms with Crippen molar-refractivity contribution in [1.29, 1.82) is 0 Å². The topological polar surface area (TPSA) is 165 Å². The van der Waals surface area contributed by atoms with Gasteiger partial charge in [-0.3, -0.25) is 35.3 Å². The number of carbonyl (C=O) groups excluding carboxylic acids is 3. The third-order valence-electron chi connectivity index (χ3n) is 7.26. The van der Waals surface area contributed by atoms with Gasteiger partial charge in [0.25, 0.3) is 5.91 Å². The highest BCUT2D eigenvalue weighted by Crippen LogP contribution is 2.12. The van der Waals surface area contributed by atoms with Gasteiger partial charge in [-0.2, -0.15) is 4.99 Å². The number of hydrogen-bond acceptors (Lipinski definition) is 8. The van der Waals surface area contributed by atoms with Crippen LogP contribution in [0.3, 0.4) is 0 Å². The molecule has 46 heavy (non-hydrogen) atoms. The Bertz CT molecular complexity index is 1180. The van der Waals surface area contributed by atoms with Crippen molar-refractivity contribution < 1.29 is 24.6 Å². The summed E-state index contributed by atoms with van der Waals surface area (Å²) in [5.41, 5.74) is 0. The zero-order valence-electron chi connectivity index (χ0n) is 27.8. The molecule has 0 aromatic heterocycles. The van der Waals surface area contributed by atoms with Gasteiger partial charge in [0.1, 0.15) is 12.1 Å². The Kier molecular flexibility index (Phi) is 18.4. The lowest BCUT2D eigenvalue weighted by Crippen LogP contribution is -2.65. The number of aliphatic hydroxyl groups excluding tert-OH is 2. The maximum absolute atomic E-state index is 13.1. The number of guanidine groups is 1. The van der Waals surface area contributed by atoms with Crippen molar-refractivity contribution in [2.45, 2.75) is 116 Å². The van der Waals surface area contributed by atoms with Gasteiger partial charge in [-0.1, -0.05) is 81.5 Å². The summed E-state index contributed by atoms with van der Waals surface area (Å²) >= 11 is 0. The first-order chi connectivity index (χ1) is 22.1. The van der Waals surface area contributed by atoms with E-state index in [9.17, 15) is 24.6 Å². The number of carbonyl (C=O) groups is 3. The first kappa shape index (κ1) is 38.5. The summed E-state index contributed by atoms with van der Waals surface area (Å²) in [5, 5.41) is 30.7. The molecule has 5 atom stereocenters. The van der Waals surface area contributed by atoms with E-state index >= 15 is 0 Å². The predicted octanol–water partition coefficient (Wildman–Crippen LogP) is 3.52. The molecule has 0 spiro atoms. The molecular formula is C35H54N6O5. The minimum Gasteiger partial charge on any atom is -0.391 e. The maximum atomic E-state index is 13.1. The molecule has 0 saturated carbocycles. The molecule has 0 aromatic carbocycles. The standard InChI is InChI=1S/C35H54N6O5/c1-5-6-7-8-9-10-11-12-13-14-15-16-17-18-19-20-21-22-29(43)37-27(23-25(2)3)33(45)40-35-39-32-30(34(46)41-35)38-28(24-36-32)31(44)26(4)42/h6-7,9-10,12-13,15-16,18-19,25-28,30-31,38,42,44H,5,8,11,14,17,20-24H2,1-4H3,(H,37,43)(H2,36,39,40,41,45,46)/t26-,27-,28+,30?,31-/m0/s1. The second-order valence-electron chi connectivity index (χ2n) is 11.9. The summed E-state index contributed by atoms with van der Waals surface area (Å²) < 4.78 is 0. The highest BCUT2D eigenvalue weighted by molar-refractivity contribution is 6.22. The molecule has 6 N–H and O–H groups in total. The number of amides is 3. The van der Waals surface area contributed by atoms with Crippen LogP contribution in [0.5, 0.6) is 0 Å². The fourth-order valence-electron chi connectivity index (χ4n) is 4.77. The van der Waals surface area contributed by atoms with Crippen LogP contribution in [-0.4, -0.2) is 76.6 Å². The van der Waals surface area contributed by atoms with E-state index in [4.69, 9.17) is 0 Å². The molecule has 2 rings (SSSR count). The Morgan fingerprint density at radius 3 is 2.09 bits per heavy atom. The van der Waals surface area contributed by atoms with E-state index in [1.807, 2.05) is 13.8 Å². The van der Waals surface area contributed by atoms with Crippen LogP contribution in [0.4, 0.5) is 0 Å². The molecule has 11 heteroatoms. The van der Waals surface area contributed by atoms with E-state index in [0.717, 1.165) is 38.5 Å². The number of fused-ring (bicyclic) bond motifs is 1. The molecular weight excluding hydrogens is 584 g/mol. The quantitative estimate of drug-likeness (QED) is 0.0936. The third-order valence-corrected chi connectivity index (χ3v) is 7.26. The molecule has 3 amide bonds. The number of hydrogen-bond donors (Lipinski definition) is 6. The first-order valence-electron chi connectivity index (χ1n) is 16.5. The number of nitrogens with one attached hydrogen (secondary N) is 4. The first-order valence-corrected chi connectivity index (χ1v) is 16.5. The number of rotatable bonds is 19.